The molecule has 126 valence electrons. The maximum atomic E-state index is 12.5. The molecule has 0 radical (unpaired) electrons. The molecular formula is C18H15N3O4. The summed E-state index contributed by atoms with van der Waals surface area (Å²) in [5.41, 5.74) is 0.860. The Labute approximate surface area is 142 Å². The van der Waals surface area contributed by atoms with Crippen molar-refractivity contribution in [1.29, 1.82) is 5.41 Å². The molecule has 1 unspecified atom stereocenters. The van der Waals surface area contributed by atoms with Crippen molar-refractivity contribution in [2.75, 3.05) is 0 Å². The van der Waals surface area contributed by atoms with Gasteiger partial charge in [-0.3, -0.25) is 20.3 Å². The van der Waals surface area contributed by atoms with Crippen molar-refractivity contribution in [2.24, 2.45) is 0 Å². The van der Waals surface area contributed by atoms with Crippen molar-refractivity contribution >= 4 is 22.6 Å². The van der Waals surface area contributed by atoms with E-state index < -0.39 is 10.8 Å². The molecule has 0 spiro atoms. The molecule has 1 heterocycles. The summed E-state index contributed by atoms with van der Waals surface area (Å²) >= 11 is 0. The highest BCUT2D eigenvalue weighted by atomic mass is 16.6. The van der Waals surface area contributed by atoms with Crippen LogP contribution < -0.4 is 10.9 Å². The molecule has 0 aliphatic heterocycles. The quantitative estimate of drug-likeness (QED) is 0.562. The van der Waals surface area contributed by atoms with E-state index in [9.17, 15) is 14.9 Å². The molecular weight excluding hydrogens is 322 g/mol. The van der Waals surface area contributed by atoms with Gasteiger partial charge in [-0.15, -0.1) is 0 Å². The third kappa shape index (κ3) is 3.40. The Kier molecular flexibility index (Phi) is 4.30. The number of hydrogen-bond donors (Lipinski definition) is 2. The summed E-state index contributed by atoms with van der Waals surface area (Å²) in [6.07, 6.45) is 0. The zero-order chi connectivity index (χ0) is 18.0. The number of nitrogens with one attached hydrogen (secondary N) is 2. The average Bonchev–Trinajstić information content (AvgIpc) is 2.61. The standard InChI is InChI=1S/C18H15N3O4/c1-11(12-5-3-2-4-6-12)20-18(22)15-10-13-9-14(21(23)24)7-8-16(13)25-17(15)19/h2-11,19H,1H3,(H,20,22). The van der Waals surface area contributed by atoms with Gasteiger partial charge in [0, 0.05) is 17.5 Å². The van der Waals surface area contributed by atoms with Crippen LogP contribution in [0.1, 0.15) is 28.9 Å². The summed E-state index contributed by atoms with van der Waals surface area (Å²) in [5, 5.41) is 22.0. The number of carbonyl (C=O) groups excluding carboxylic acids is 1. The molecule has 2 aromatic carbocycles. The smallest absolute Gasteiger partial charge is 0.270 e. The fourth-order valence-corrected chi connectivity index (χ4v) is 2.51. The topological polar surface area (TPSA) is 109 Å². The van der Waals surface area contributed by atoms with Gasteiger partial charge in [0.25, 0.3) is 11.6 Å². The van der Waals surface area contributed by atoms with E-state index in [0.29, 0.717) is 11.0 Å². The van der Waals surface area contributed by atoms with Crippen LogP contribution in [-0.4, -0.2) is 10.8 Å². The first kappa shape index (κ1) is 16.4. The van der Waals surface area contributed by atoms with Gasteiger partial charge >= 0.3 is 0 Å². The van der Waals surface area contributed by atoms with Crippen molar-refractivity contribution < 1.29 is 14.1 Å². The zero-order valence-corrected chi connectivity index (χ0v) is 13.4. The molecule has 25 heavy (non-hydrogen) atoms. The summed E-state index contributed by atoms with van der Waals surface area (Å²) in [4.78, 5) is 22.9. The van der Waals surface area contributed by atoms with Crippen LogP contribution >= 0.6 is 0 Å². The number of amides is 1. The van der Waals surface area contributed by atoms with E-state index in [1.807, 2.05) is 37.3 Å². The molecule has 7 nitrogen and oxygen atoms in total. The summed E-state index contributed by atoms with van der Waals surface area (Å²) < 4.78 is 5.32. The SMILES string of the molecule is CC(NC(=O)c1cc2cc([N+](=O)[O-])ccc2oc1=N)c1ccccc1. The van der Waals surface area contributed by atoms with Crippen LogP contribution in [0.15, 0.2) is 59.0 Å². The first-order valence-corrected chi connectivity index (χ1v) is 7.58. The number of nitrogens with zero attached hydrogens (tertiary/aromatic N) is 1. The zero-order valence-electron chi connectivity index (χ0n) is 13.4. The predicted octanol–water partition coefficient (Wildman–Crippen LogP) is 3.31. The molecule has 0 fully saturated rings. The molecule has 7 heteroatoms. The normalized spacial score (nSPS) is 11.9. The van der Waals surface area contributed by atoms with Gasteiger partial charge in [0.15, 0.2) is 0 Å². The van der Waals surface area contributed by atoms with E-state index in [1.54, 1.807) is 0 Å². The molecule has 1 atom stereocenters. The van der Waals surface area contributed by atoms with Crippen LogP contribution in [0.4, 0.5) is 5.69 Å². The van der Waals surface area contributed by atoms with E-state index in [1.165, 1.54) is 24.3 Å². The number of nitro benzene ring substituents is 1. The van der Waals surface area contributed by atoms with E-state index >= 15 is 0 Å². The van der Waals surface area contributed by atoms with Crippen LogP contribution in [0, 0.1) is 15.5 Å². The molecule has 0 aliphatic carbocycles. The molecule has 1 amide bonds. The number of hydrogen-bond acceptors (Lipinski definition) is 5. The molecule has 3 aromatic rings. The third-order valence-electron chi connectivity index (χ3n) is 3.85. The third-order valence-corrected chi connectivity index (χ3v) is 3.85. The number of carbonyl (C=O) groups is 1. The minimum Gasteiger partial charge on any atom is -0.438 e. The number of fused-ring (bicyclic) bond motifs is 1. The van der Waals surface area contributed by atoms with E-state index in [-0.39, 0.29) is 22.8 Å². The van der Waals surface area contributed by atoms with Crippen LogP contribution in [-0.2, 0) is 0 Å². The van der Waals surface area contributed by atoms with Crippen LogP contribution in [0.2, 0.25) is 0 Å². The Morgan fingerprint density at radius 1 is 1.20 bits per heavy atom. The summed E-state index contributed by atoms with van der Waals surface area (Å²) in [6, 6.07) is 14.6. The minimum atomic E-state index is -0.523. The van der Waals surface area contributed by atoms with E-state index in [2.05, 4.69) is 5.32 Å². The molecule has 2 N–H and O–H groups in total. The van der Waals surface area contributed by atoms with Crippen molar-refractivity contribution in [3.63, 3.8) is 0 Å². The molecule has 3 rings (SSSR count). The van der Waals surface area contributed by atoms with Crippen molar-refractivity contribution in [2.45, 2.75) is 13.0 Å². The fourth-order valence-electron chi connectivity index (χ4n) is 2.51. The second kappa shape index (κ2) is 6.56. The van der Waals surface area contributed by atoms with E-state index in [4.69, 9.17) is 9.83 Å². The van der Waals surface area contributed by atoms with Gasteiger partial charge in [-0.25, -0.2) is 0 Å². The van der Waals surface area contributed by atoms with Crippen molar-refractivity contribution in [3.8, 4) is 0 Å². The Morgan fingerprint density at radius 2 is 1.92 bits per heavy atom. The van der Waals surface area contributed by atoms with E-state index in [0.717, 1.165) is 5.56 Å². The lowest BCUT2D eigenvalue weighted by Gasteiger charge is -2.14. The Balaban J connectivity index is 1.94. The first-order chi connectivity index (χ1) is 12.0. The van der Waals surface area contributed by atoms with Crippen LogP contribution in [0.5, 0.6) is 0 Å². The minimum absolute atomic E-state index is 0.0239. The maximum absolute atomic E-state index is 12.5. The molecule has 0 bridgehead atoms. The highest BCUT2D eigenvalue weighted by Gasteiger charge is 2.16. The van der Waals surface area contributed by atoms with Crippen molar-refractivity contribution in [3.05, 3.63) is 81.4 Å². The lowest BCUT2D eigenvalue weighted by molar-refractivity contribution is -0.384. The number of nitro groups is 1. The van der Waals surface area contributed by atoms with Crippen LogP contribution in [0.3, 0.4) is 0 Å². The highest BCUT2D eigenvalue weighted by Crippen LogP contribution is 2.21. The second-order valence-corrected chi connectivity index (χ2v) is 5.57. The lowest BCUT2D eigenvalue weighted by atomic mass is 10.1. The number of non-ortho nitro benzene ring substituents is 1. The van der Waals surface area contributed by atoms with Gasteiger partial charge in [-0.05, 0) is 24.6 Å². The van der Waals surface area contributed by atoms with Gasteiger partial charge in [-0.2, -0.15) is 0 Å². The Morgan fingerprint density at radius 3 is 2.60 bits per heavy atom. The largest absolute Gasteiger partial charge is 0.438 e. The number of rotatable bonds is 4. The number of benzene rings is 2. The summed E-state index contributed by atoms with van der Waals surface area (Å²) in [6.45, 7) is 1.83. The highest BCUT2D eigenvalue weighted by molar-refractivity contribution is 5.97. The second-order valence-electron chi connectivity index (χ2n) is 5.57. The van der Waals surface area contributed by atoms with Gasteiger partial charge < -0.3 is 9.73 Å². The fraction of sp³-hybridized carbons (Fsp3) is 0.111. The summed E-state index contributed by atoms with van der Waals surface area (Å²) in [5.74, 6) is -0.474. The lowest BCUT2D eigenvalue weighted by Crippen LogP contribution is -2.30. The molecule has 0 aliphatic rings. The summed E-state index contributed by atoms with van der Waals surface area (Å²) in [7, 11) is 0. The molecule has 0 saturated carbocycles. The Hall–Kier alpha value is -3.48. The van der Waals surface area contributed by atoms with Crippen molar-refractivity contribution in [1.82, 2.24) is 5.32 Å². The predicted molar refractivity (Wildman–Crippen MR) is 91.0 cm³/mol. The van der Waals surface area contributed by atoms with Gasteiger partial charge in [0.05, 0.1) is 11.0 Å². The van der Waals surface area contributed by atoms with Crippen LogP contribution in [0.25, 0.3) is 11.0 Å². The molecule has 1 aromatic heterocycles. The monoisotopic (exact) mass is 337 g/mol. The van der Waals surface area contributed by atoms with Gasteiger partial charge in [0.2, 0.25) is 5.55 Å². The molecule has 0 saturated heterocycles. The maximum Gasteiger partial charge on any atom is 0.270 e. The average molecular weight is 337 g/mol. The van der Waals surface area contributed by atoms with Gasteiger partial charge in [0.1, 0.15) is 11.1 Å². The van der Waals surface area contributed by atoms with Gasteiger partial charge in [-0.1, -0.05) is 30.3 Å². The first-order valence-electron chi connectivity index (χ1n) is 7.58. The Bertz CT molecular complexity index is 1010.